The zero-order valence-corrected chi connectivity index (χ0v) is 17.5. The number of pyridine rings is 1. The Bertz CT molecular complexity index is 1210. The molecule has 1 aromatic heterocycles. The minimum absolute atomic E-state index is 0.0140. The number of aromatic nitrogens is 1. The van der Waals surface area contributed by atoms with Gasteiger partial charge in [-0.15, -0.1) is 0 Å². The van der Waals surface area contributed by atoms with E-state index in [9.17, 15) is 0 Å². The first-order valence-corrected chi connectivity index (χ1v) is 10.2. The van der Waals surface area contributed by atoms with E-state index >= 15 is 0 Å². The van der Waals surface area contributed by atoms with E-state index in [1.807, 2.05) is 12.3 Å². The maximum Gasteiger partial charge on any atom is 0.0702 e. The highest BCUT2D eigenvalue weighted by atomic mass is 14.7. The Morgan fingerprint density at radius 1 is 0.655 bits per heavy atom. The monoisotopic (exact) mass is 375 g/mol. The summed E-state index contributed by atoms with van der Waals surface area (Å²) in [6, 6.07) is 26.3. The second-order valence-corrected chi connectivity index (χ2v) is 8.60. The van der Waals surface area contributed by atoms with Crippen molar-refractivity contribution < 1.29 is 0 Å². The van der Waals surface area contributed by atoms with Gasteiger partial charge in [0.05, 0.1) is 5.69 Å². The summed E-state index contributed by atoms with van der Waals surface area (Å²) in [4.78, 5) is 4.58. The molecule has 3 aromatic carbocycles. The molecule has 1 nitrogen and oxygen atoms in total. The Hall–Kier alpha value is -3.19. The van der Waals surface area contributed by atoms with Crippen LogP contribution in [0.3, 0.4) is 0 Å². The van der Waals surface area contributed by atoms with E-state index < -0.39 is 0 Å². The van der Waals surface area contributed by atoms with Gasteiger partial charge in [-0.05, 0) is 76.6 Å². The molecular formula is C28H25N. The van der Waals surface area contributed by atoms with Gasteiger partial charge >= 0.3 is 0 Å². The van der Waals surface area contributed by atoms with Gasteiger partial charge < -0.3 is 0 Å². The lowest BCUT2D eigenvalue weighted by atomic mass is 9.81. The first-order chi connectivity index (χ1) is 14.0. The quantitative estimate of drug-likeness (QED) is 0.357. The van der Waals surface area contributed by atoms with E-state index in [1.165, 1.54) is 50.1 Å². The topological polar surface area (TPSA) is 12.9 Å². The van der Waals surface area contributed by atoms with Crippen molar-refractivity contribution in [2.45, 2.75) is 33.1 Å². The van der Waals surface area contributed by atoms with E-state index in [4.69, 9.17) is 0 Å². The third-order valence-corrected chi connectivity index (χ3v) is 6.41. The van der Waals surface area contributed by atoms with Crippen molar-refractivity contribution in [2.24, 2.45) is 0 Å². The number of benzene rings is 3. The SMILES string of the molecule is Cc1cccc(C)c1-c1cccc2c1-c1cc(-c3ccccn3)ccc1C2(C)C. The molecule has 1 heterocycles. The second kappa shape index (κ2) is 6.42. The summed E-state index contributed by atoms with van der Waals surface area (Å²) < 4.78 is 0. The first-order valence-electron chi connectivity index (χ1n) is 10.2. The highest BCUT2D eigenvalue weighted by molar-refractivity contribution is 5.95. The van der Waals surface area contributed by atoms with Gasteiger partial charge in [-0.2, -0.15) is 0 Å². The lowest BCUT2D eigenvalue weighted by Crippen LogP contribution is -2.14. The van der Waals surface area contributed by atoms with Crippen molar-refractivity contribution >= 4 is 0 Å². The maximum absolute atomic E-state index is 4.58. The van der Waals surface area contributed by atoms with Crippen molar-refractivity contribution in [1.82, 2.24) is 4.98 Å². The molecule has 0 saturated carbocycles. The molecule has 1 aliphatic carbocycles. The molecule has 0 N–H and O–H groups in total. The van der Waals surface area contributed by atoms with Gasteiger partial charge in [-0.3, -0.25) is 4.98 Å². The summed E-state index contributed by atoms with van der Waals surface area (Å²) in [5, 5.41) is 0. The van der Waals surface area contributed by atoms with Crippen LogP contribution >= 0.6 is 0 Å². The summed E-state index contributed by atoms with van der Waals surface area (Å²) in [5.74, 6) is 0. The van der Waals surface area contributed by atoms with E-state index in [2.05, 4.69) is 99.4 Å². The number of rotatable bonds is 2. The van der Waals surface area contributed by atoms with E-state index in [0.29, 0.717) is 0 Å². The van der Waals surface area contributed by atoms with Gasteiger partial charge in [0.25, 0.3) is 0 Å². The van der Waals surface area contributed by atoms with Gasteiger partial charge in [0, 0.05) is 17.2 Å². The first kappa shape index (κ1) is 17.9. The molecule has 29 heavy (non-hydrogen) atoms. The molecule has 0 radical (unpaired) electrons. The minimum atomic E-state index is -0.0140. The number of fused-ring (bicyclic) bond motifs is 3. The average Bonchev–Trinajstić information content (AvgIpc) is 2.96. The predicted octanol–water partition coefficient (Wildman–Crippen LogP) is 7.34. The molecule has 1 heteroatoms. The highest BCUT2D eigenvalue weighted by Gasteiger charge is 2.37. The van der Waals surface area contributed by atoms with Crippen LogP contribution in [0.15, 0.2) is 79.0 Å². The Kier molecular flexibility index (Phi) is 3.96. The van der Waals surface area contributed by atoms with Crippen molar-refractivity contribution in [1.29, 1.82) is 0 Å². The summed E-state index contributed by atoms with van der Waals surface area (Å²) in [6.45, 7) is 9.11. The molecular weight excluding hydrogens is 350 g/mol. The number of hydrogen-bond donors (Lipinski definition) is 0. The van der Waals surface area contributed by atoms with Crippen LogP contribution in [-0.2, 0) is 5.41 Å². The highest BCUT2D eigenvalue weighted by Crippen LogP contribution is 2.53. The van der Waals surface area contributed by atoms with Crippen molar-refractivity contribution in [3.05, 3.63) is 101 Å². The third-order valence-electron chi connectivity index (χ3n) is 6.41. The molecule has 0 spiro atoms. The third kappa shape index (κ3) is 2.65. The van der Waals surface area contributed by atoms with Gasteiger partial charge in [0.2, 0.25) is 0 Å². The molecule has 5 rings (SSSR count). The zero-order valence-electron chi connectivity index (χ0n) is 17.5. The molecule has 0 saturated heterocycles. The van der Waals surface area contributed by atoms with Crippen molar-refractivity contribution in [3.63, 3.8) is 0 Å². The Morgan fingerprint density at radius 2 is 1.41 bits per heavy atom. The Labute approximate surface area is 173 Å². The van der Waals surface area contributed by atoms with Gasteiger partial charge in [0.15, 0.2) is 0 Å². The molecule has 1 aliphatic rings. The fraction of sp³-hybridized carbons (Fsp3) is 0.179. The minimum Gasteiger partial charge on any atom is -0.256 e. The molecule has 142 valence electrons. The van der Waals surface area contributed by atoms with Crippen molar-refractivity contribution in [3.8, 4) is 33.5 Å². The van der Waals surface area contributed by atoms with Crippen LogP contribution in [0.5, 0.6) is 0 Å². The molecule has 0 fully saturated rings. The fourth-order valence-corrected chi connectivity index (χ4v) is 4.94. The average molecular weight is 376 g/mol. The van der Waals surface area contributed by atoms with Crippen LogP contribution in [0.2, 0.25) is 0 Å². The van der Waals surface area contributed by atoms with Crippen LogP contribution in [0.1, 0.15) is 36.1 Å². The molecule has 0 bridgehead atoms. The number of aryl methyl sites for hydroxylation is 2. The Morgan fingerprint density at radius 3 is 2.14 bits per heavy atom. The van der Waals surface area contributed by atoms with Crippen molar-refractivity contribution in [2.75, 3.05) is 0 Å². The number of hydrogen-bond acceptors (Lipinski definition) is 1. The van der Waals surface area contributed by atoms with Crippen LogP contribution < -0.4 is 0 Å². The predicted molar refractivity (Wildman–Crippen MR) is 122 cm³/mol. The second-order valence-electron chi connectivity index (χ2n) is 8.60. The zero-order chi connectivity index (χ0) is 20.2. The van der Waals surface area contributed by atoms with E-state index in [-0.39, 0.29) is 5.41 Å². The summed E-state index contributed by atoms with van der Waals surface area (Å²) >= 11 is 0. The molecule has 0 unspecified atom stereocenters. The standard InChI is InChI=1S/C28H25N/c1-18-9-7-10-19(2)26(18)21-11-8-12-24-27(21)22-17-20(25-13-5-6-16-29-25)14-15-23(22)28(24,3)4/h5-17H,1-4H3. The molecule has 0 amide bonds. The maximum atomic E-state index is 4.58. The van der Waals surface area contributed by atoms with Gasteiger partial charge in [0.1, 0.15) is 0 Å². The van der Waals surface area contributed by atoms with Gasteiger partial charge in [-0.25, -0.2) is 0 Å². The molecule has 4 aromatic rings. The summed E-state index contributed by atoms with van der Waals surface area (Å²) in [6.07, 6.45) is 1.86. The lowest BCUT2D eigenvalue weighted by molar-refractivity contribution is 0.660. The van der Waals surface area contributed by atoms with E-state index in [1.54, 1.807) is 0 Å². The van der Waals surface area contributed by atoms with Crippen LogP contribution in [0.4, 0.5) is 0 Å². The lowest BCUT2D eigenvalue weighted by Gasteiger charge is -2.22. The number of nitrogens with zero attached hydrogens (tertiary/aromatic N) is 1. The summed E-state index contributed by atoms with van der Waals surface area (Å²) in [5.41, 5.74) is 13.0. The Balaban J connectivity index is 1.82. The van der Waals surface area contributed by atoms with Crippen LogP contribution in [0, 0.1) is 13.8 Å². The van der Waals surface area contributed by atoms with Gasteiger partial charge in [-0.1, -0.05) is 68.4 Å². The smallest absolute Gasteiger partial charge is 0.0702 e. The molecule has 0 aliphatic heterocycles. The molecule has 0 atom stereocenters. The van der Waals surface area contributed by atoms with E-state index in [0.717, 1.165) is 5.69 Å². The largest absolute Gasteiger partial charge is 0.256 e. The fourth-order valence-electron chi connectivity index (χ4n) is 4.94. The van der Waals surface area contributed by atoms with Crippen LogP contribution in [-0.4, -0.2) is 4.98 Å². The summed E-state index contributed by atoms with van der Waals surface area (Å²) in [7, 11) is 0. The normalized spacial score (nSPS) is 13.8. The van der Waals surface area contributed by atoms with Crippen LogP contribution in [0.25, 0.3) is 33.5 Å².